The molecule has 0 aromatic heterocycles. The van der Waals surface area contributed by atoms with Crippen molar-refractivity contribution in [1.29, 1.82) is 0 Å². The average molecular weight is 458 g/mol. The van der Waals surface area contributed by atoms with Gasteiger partial charge in [0.25, 0.3) is 11.8 Å². The minimum Gasteiger partial charge on any atom is -0.455 e. The summed E-state index contributed by atoms with van der Waals surface area (Å²) in [6.07, 6.45) is 3.25. The predicted octanol–water partition coefficient (Wildman–Crippen LogP) is 1.65. The largest absolute Gasteiger partial charge is 0.455 e. The van der Waals surface area contributed by atoms with E-state index in [1.54, 1.807) is 54.6 Å². The van der Waals surface area contributed by atoms with Crippen molar-refractivity contribution in [3.8, 4) is 0 Å². The lowest BCUT2D eigenvalue weighted by molar-refractivity contribution is -0.146. The van der Waals surface area contributed by atoms with Gasteiger partial charge in [-0.1, -0.05) is 42.5 Å². The molecule has 0 unspecified atom stereocenters. The monoisotopic (exact) mass is 457 g/mol. The Hall–Kier alpha value is -3.50. The van der Waals surface area contributed by atoms with Crippen LogP contribution in [0.1, 0.15) is 28.8 Å². The summed E-state index contributed by atoms with van der Waals surface area (Å²) in [7, 11) is -3.86. The highest BCUT2D eigenvalue weighted by atomic mass is 32.2. The Morgan fingerprint density at radius 3 is 2.41 bits per heavy atom. The first-order chi connectivity index (χ1) is 15.3. The van der Waals surface area contributed by atoms with Crippen LogP contribution >= 0.6 is 0 Å². The number of carbonyl (C=O) groups is 3. The molecule has 1 saturated carbocycles. The van der Waals surface area contributed by atoms with Crippen molar-refractivity contribution in [1.82, 2.24) is 10.0 Å². The number of carbonyl (C=O) groups excluding carboxylic acids is 3. The standard InChI is InChI=1S/C22H23N3O6S/c26-20(25-19-9-5-4-8-18(19)22(28)24-17-10-11-17)15-31-21(27)14-23-32(29,30)13-12-16-6-2-1-3-7-16/h1-9,12-13,17,23H,10-11,14-15H2,(H,24,28)(H,25,26)/b13-12+. The molecule has 1 aliphatic carbocycles. The topological polar surface area (TPSA) is 131 Å². The summed E-state index contributed by atoms with van der Waals surface area (Å²) in [6, 6.07) is 15.4. The van der Waals surface area contributed by atoms with E-state index in [1.165, 1.54) is 6.08 Å². The molecule has 0 atom stereocenters. The fourth-order valence-corrected chi connectivity index (χ4v) is 3.36. The first-order valence-electron chi connectivity index (χ1n) is 9.90. The maximum absolute atomic E-state index is 12.3. The summed E-state index contributed by atoms with van der Waals surface area (Å²) in [6.45, 7) is -1.26. The summed E-state index contributed by atoms with van der Waals surface area (Å²) in [5.74, 6) is -1.87. The van der Waals surface area contributed by atoms with Gasteiger partial charge >= 0.3 is 5.97 Å². The van der Waals surface area contributed by atoms with E-state index in [9.17, 15) is 22.8 Å². The van der Waals surface area contributed by atoms with E-state index in [0.29, 0.717) is 16.8 Å². The van der Waals surface area contributed by atoms with Gasteiger partial charge in [-0.25, -0.2) is 13.1 Å². The Kier molecular flexibility index (Phi) is 7.74. The molecule has 3 rings (SSSR count). The van der Waals surface area contributed by atoms with Crippen molar-refractivity contribution in [2.75, 3.05) is 18.5 Å². The lowest BCUT2D eigenvalue weighted by atomic mass is 10.1. The molecule has 3 N–H and O–H groups in total. The molecule has 2 aromatic rings. The third-order valence-electron chi connectivity index (χ3n) is 4.38. The smallest absolute Gasteiger partial charge is 0.321 e. The summed E-state index contributed by atoms with van der Waals surface area (Å²) >= 11 is 0. The molecule has 0 bridgehead atoms. The first-order valence-corrected chi connectivity index (χ1v) is 11.5. The molecule has 168 valence electrons. The van der Waals surface area contributed by atoms with Gasteiger partial charge in [0.05, 0.1) is 11.3 Å². The molecule has 0 aliphatic heterocycles. The number of rotatable bonds is 10. The van der Waals surface area contributed by atoms with Gasteiger partial charge in [0.1, 0.15) is 6.54 Å². The second kappa shape index (κ2) is 10.7. The number of anilines is 1. The number of benzene rings is 2. The van der Waals surface area contributed by atoms with Gasteiger partial charge in [-0.15, -0.1) is 0 Å². The number of amides is 2. The number of hydrogen-bond donors (Lipinski definition) is 3. The molecule has 1 fully saturated rings. The number of para-hydroxylation sites is 1. The Morgan fingerprint density at radius 2 is 1.69 bits per heavy atom. The molecular weight excluding hydrogens is 434 g/mol. The Labute approximate surface area is 185 Å². The zero-order valence-electron chi connectivity index (χ0n) is 17.1. The van der Waals surface area contributed by atoms with Crippen LogP contribution in [0.25, 0.3) is 6.08 Å². The summed E-state index contributed by atoms with van der Waals surface area (Å²) in [5.41, 5.74) is 1.28. The third kappa shape index (κ3) is 7.64. The van der Waals surface area contributed by atoms with E-state index in [0.717, 1.165) is 18.2 Å². The summed E-state index contributed by atoms with van der Waals surface area (Å²) < 4.78 is 30.8. The van der Waals surface area contributed by atoms with Gasteiger partial charge in [-0.3, -0.25) is 14.4 Å². The van der Waals surface area contributed by atoms with Crippen LogP contribution in [0.2, 0.25) is 0 Å². The fourth-order valence-electron chi connectivity index (χ4n) is 2.60. The molecule has 1 aliphatic rings. The summed E-state index contributed by atoms with van der Waals surface area (Å²) in [5, 5.41) is 6.30. The van der Waals surface area contributed by atoms with E-state index in [1.807, 2.05) is 0 Å². The van der Waals surface area contributed by atoms with E-state index in [4.69, 9.17) is 4.74 Å². The van der Waals surface area contributed by atoms with Crippen molar-refractivity contribution >= 4 is 39.6 Å². The van der Waals surface area contributed by atoms with Gasteiger partial charge in [0.15, 0.2) is 6.61 Å². The SMILES string of the molecule is O=C(COC(=O)CNS(=O)(=O)/C=C/c1ccccc1)Nc1ccccc1C(=O)NC1CC1. The van der Waals surface area contributed by atoms with Crippen LogP contribution < -0.4 is 15.4 Å². The first kappa shape index (κ1) is 23.2. The molecule has 0 heterocycles. The normalized spacial score (nSPS) is 13.5. The molecule has 0 radical (unpaired) electrons. The lowest BCUT2D eigenvalue weighted by Gasteiger charge is -2.11. The second-order valence-electron chi connectivity index (χ2n) is 7.08. The van der Waals surface area contributed by atoms with Crippen LogP contribution in [-0.4, -0.2) is 45.4 Å². The predicted molar refractivity (Wildman–Crippen MR) is 119 cm³/mol. The van der Waals surface area contributed by atoms with E-state index >= 15 is 0 Å². The van der Waals surface area contributed by atoms with Gasteiger partial charge in [-0.2, -0.15) is 0 Å². The zero-order valence-corrected chi connectivity index (χ0v) is 17.9. The Balaban J connectivity index is 1.44. The Bertz CT molecular complexity index is 1110. The zero-order chi connectivity index (χ0) is 23.0. The third-order valence-corrected chi connectivity index (χ3v) is 5.42. The van der Waals surface area contributed by atoms with Crippen molar-refractivity contribution in [3.63, 3.8) is 0 Å². The molecule has 0 spiro atoms. The van der Waals surface area contributed by atoms with Crippen LogP contribution in [0.3, 0.4) is 0 Å². The highest BCUT2D eigenvalue weighted by molar-refractivity contribution is 7.92. The van der Waals surface area contributed by atoms with Crippen molar-refractivity contribution in [2.24, 2.45) is 0 Å². The van der Waals surface area contributed by atoms with Crippen molar-refractivity contribution in [2.45, 2.75) is 18.9 Å². The van der Waals surface area contributed by atoms with Crippen LogP contribution in [-0.2, 0) is 24.3 Å². The second-order valence-corrected chi connectivity index (χ2v) is 8.73. The van der Waals surface area contributed by atoms with E-state index < -0.39 is 35.1 Å². The quantitative estimate of drug-likeness (QED) is 0.465. The van der Waals surface area contributed by atoms with Gasteiger partial charge in [0, 0.05) is 11.4 Å². The van der Waals surface area contributed by atoms with Gasteiger partial charge in [-0.05, 0) is 36.6 Å². The van der Waals surface area contributed by atoms with Crippen LogP contribution in [0.15, 0.2) is 60.0 Å². The number of esters is 1. The fraction of sp³-hybridized carbons (Fsp3) is 0.227. The number of nitrogens with one attached hydrogen (secondary N) is 3. The number of hydrogen-bond acceptors (Lipinski definition) is 6. The highest BCUT2D eigenvalue weighted by Gasteiger charge is 2.25. The average Bonchev–Trinajstić information content (AvgIpc) is 3.60. The number of sulfonamides is 1. The lowest BCUT2D eigenvalue weighted by Crippen LogP contribution is -2.31. The highest BCUT2D eigenvalue weighted by Crippen LogP contribution is 2.21. The van der Waals surface area contributed by atoms with Crippen LogP contribution in [0, 0.1) is 0 Å². The molecule has 10 heteroatoms. The summed E-state index contributed by atoms with van der Waals surface area (Å²) in [4.78, 5) is 36.2. The van der Waals surface area contributed by atoms with Crippen molar-refractivity contribution < 1.29 is 27.5 Å². The molecular formula is C22H23N3O6S. The molecule has 32 heavy (non-hydrogen) atoms. The molecule has 9 nitrogen and oxygen atoms in total. The van der Waals surface area contributed by atoms with Crippen LogP contribution in [0.5, 0.6) is 0 Å². The minimum absolute atomic E-state index is 0.165. The number of ether oxygens (including phenoxy) is 1. The molecule has 2 amide bonds. The van der Waals surface area contributed by atoms with Gasteiger partial charge < -0.3 is 15.4 Å². The van der Waals surface area contributed by atoms with E-state index in [-0.39, 0.29) is 11.9 Å². The maximum atomic E-state index is 12.3. The van der Waals surface area contributed by atoms with E-state index in [2.05, 4.69) is 15.4 Å². The Morgan fingerprint density at radius 1 is 1.00 bits per heavy atom. The van der Waals surface area contributed by atoms with Crippen molar-refractivity contribution in [3.05, 3.63) is 71.1 Å². The van der Waals surface area contributed by atoms with Gasteiger partial charge in [0.2, 0.25) is 10.0 Å². The molecule has 2 aromatic carbocycles. The van der Waals surface area contributed by atoms with Crippen LogP contribution in [0.4, 0.5) is 5.69 Å². The minimum atomic E-state index is -3.86. The molecule has 0 saturated heterocycles. The maximum Gasteiger partial charge on any atom is 0.321 e.